The average molecular weight is 455 g/mol. The van der Waals surface area contributed by atoms with Crippen molar-refractivity contribution in [1.29, 1.82) is 0 Å². The van der Waals surface area contributed by atoms with Crippen LogP contribution in [0, 0.1) is 5.92 Å². The summed E-state index contributed by atoms with van der Waals surface area (Å²) in [4.78, 5) is 10.9. The Morgan fingerprint density at radius 2 is 2.32 bits per heavy atom. The van der Waals surface area contributed by atoms with Gasteiger partial charge in [0.2, 0.25) is 0 Å². The number of nitrogens with zero attached hydrogens (tertiary/aromatic N) is 3. The fourth-order valence-corrected chi connectivity index (χ4v) is 3.71. The summed E-state index contributed by atoms with van der Waals surface area (Å²) in [6, 6.07) is 3.80. The first-order chi connectivity index (χ1) is 10.1. The maximum atomic E-state index is 5.80. The van der Waals surface area contributed by atoms with Gasteiger partial charge >= 0.3 is 0 Å². The van der Waals surface area contributed by atoms with Gasteiger partial charge in [0.25, 0.3) is 0 Å². The summed E-state index contributed by atoms with van der Waals surface area (Å²) in [5.74, 6) is 2.82. The Kier molecular flexibility index (Phi) is 8.86. The SMILES string of the molecule is CN=C(NCc1ccc(Cl)nc1)N1CCSC(C(C)C)C1.I. The van der Waals surface area contributed by atoms with Crippen molar-refractivity contribution in [3.05, 3.63) is 29.0 Å². The second kappa shape index (κ2) is 9.82. The van der Waals surface area contributed by atoms with Gasteiger partial charge in [-0.25, -0.2) is 4.98 Å². The lowest BCUT2D eigenvalue weighted by Crippen LogP contribution is -2.48. The molecule has 1 N–H and O–H groups in total. The monoisotopic (exact) mass is 454 g/mol. The Morgan fingerprint density at radius 1 is 1.55 bits per heavy atom. The van der Waals surface area contributed by atoms with E-state index in [1.165, 1.54) is 0 Å². The molecule has 1 aliphatic rings. The maximum absolute atomic E-state index is 5.80. The minimum atomic E-state index is 0. The second-order valence-electron chi connectivity index (χ2n) is 5.49. The van der Waals surface area contributed by atoms with Crippen LogP contribution in [0.2, 0.25) is 5.15 Å². The molecule has 1 aliphatic heterocycles. The first-order valence-electron chi connectivity index (χ1n) is 7.27. The molecule has 1 unspecified atom stereocenters. The molecule has 0 saturated carbocycles. The van der Waals surface area contributed by atoms with Crippen LogP contribution < -0.4 is 5.32 Å². The highest BCUT2D eigenvalue weighted by Gasteiger charge is 2.24. The standard InChI is InChI=1S/C15H23ClN4S.HI/c1-11(2)13-10-20(6-7-21-13)15(17-3)19-9-12-4-5-14(16)18-8-12;/h4-5,8,11,13H,6-7,9-10H2,1-3H3,(H,17,19);1H. The van der Waals surface area contributed by atoms with Crippen molar-refractivity contribution < 1.29 is 0 Å². The Bertz CT molecular complexity index is 481. The van der Waals surface area contributed by atoms with Crippen LogP contribution in [0.1, 0.15) is 19.4 Å². The number of pyridine rings is 1. The van der Waals surface area contributed by atoms with E-state index in [1.54, 1.807) is 6.20 Å². The fraction of sp³-hybridized carbons (Fsp3) is 0.600. The van der Waals surface area contributed by atoms with Crippen LogP contribution in [0.4, 0.5) is 0 Å². The Hall–Kier alpha value is -0.210. The minimum absolute atomic E-state index is 0. The Morgan fingerprint density at radius 3 is 2.91 bits per heavy atom. The van der Waals surface area contributed by atoms with E-state index in [9.17, 15) is 0 Å². The molecule has 2 heterocycles. The van der Waals surface area contributed by atoms with Gasteiger partial charge in [0, 0.05) is 43.9 Å². The molecular weight excluding hydrogens is 431 g/mol. The van der Waals surface area contributed by atoms with Gasteiger partial charge < -0.3 is 10.2 Å². The maximum Gasteiger partial charge on any atom is 0.193 e. The number of hydrogen-bond acceptors (Lipinski definition) is 3. The lowest BCUT2D eigenvalue weighted by Gasteiger charge is -2.36. The molecule has 7 heteroatoms. The molecule has 22 heavy (non-hydrogen) atoms. The molecule has 4 nitrogen and oxygen atoms in total. The van der Waals surface area contributed by atoms with Gasteiger partial charge in [-0.3, -0.25) is 4.99 Å². The summed E-state index contributed by atoms with van der Waals surface area (Å²) >= 11 is 7.87. The van der Waals surface area contributed by atoms with Crippen molar-refractivity contribution in [1.82, 2.24) is 15.2 Å². The first-order valence-corrected chi connectivity index (χ1v) is 8.70. The largest absolute Gasteiger partial charge is 0.352 e. The average Bonchev–Trinajstić information content (AvgIpc) is 2.50. The molecule has 0 amide bonds. The number of aromatic nitrogens is 1. The van der Waals surface area contributed by atoms with E-state index in [0.717, 1.165) is 30.4 Å². The fourth-order valence-electron chi connectivity index (χ4n) is 2.30. The van der Waals surface area contributed by atoms with E-state index < -0.39 is 0 Å². The van der Waals surface area contributed by atoms with E-state index in [-0.39, 0.29) is 24.0 Å². The number of hydrogen-bond donors (Lipinski definition) is 1. The van der Waals surface area contributed by atoms with Gasteiger partial charge in [0.15, 0.2) is 5.96 Å². The normalized spacial score (nSPS) is 19.0. The molecule has 0 radical (unpaired) electrons. The zero-order valence-corrected chi connectivity index (χ0v) is 17.2. The van der Waals surface area contributed by atoms with Crippen molar-refractivity contribution >= 4 is 53.3 Å². The van der Waals surface area contributed by atoms with E-state index in [0.29, 0.717) is 22.9 Å². The van der Waals surface area contributed by atoms with Crippen molar-refractivity contribution in [3.63, 3.8) is 0 Å². The number of nitrogens with one attached hydrogen (secondary N) is 1. The van der Waals surface area contributed by atoms with E-state index in [2.05, 4.69) is 45.8 Å². The van der Waals surface area contributed by atoms with Gasteiger partial charge in [0.05, 0.1) is 0 Å². The Balaban J connectivity index is 0.00000242. The van der Waals surface area contributed by atoms with Gasteiger partial charge in [-0.05, 0) is 17.5 Å². The zero-order chi connectivity index (χ0) is 15.2. The predicted molar refractivity (Wildman–Crippen MR) is 108 cm³/mol. The van der Waals surface area contributed by atoms with Crippen LogP contribution in [-0.2, 0) is 6.54 Å². The molecule has 0 aliphatic carbocycles. The van der Waals surface area contributed by atoms with Crippen molar-refractivity contribution in [2.45, 2.75) is 25.6 Å². The van der Waals surface area contributed by atoms with E-state index in [1.807, 2.05) is 19.2 Å². The molecule has 0 bridgehead atoms. The van der Waals surface area contributed by atoms with Crippen LogP contribution in [0.25, 0.3) is 0 Å². The number of rotatable bonds is 3. The van der Waals surface area contributed by atoms with Crippen LogP contribution in [0.3, 0.4) is 0 Å². The summed E-state index contributed by atoms with van der Waals surface area (Å²) < 4.78 is 0. The Labute approximate surface area is 159 Å². The molecule has 1 saturated heterocycles. The summed E-state index contributed by atoms with van der Waals surface area (Å²) in [5.41, 5.74) is 1.10. The third kappa shape index (κ3) is 5.77. The van der Waals surface area contributed by atoms with Crippen LogP contribution in [0.15, 0.2) is 23.3 Å². The highest BCUT2D eigenvalue weighted by atomic mass is 127. The molecule has 1 atom stereocenters. The van der Waals surface area contributed by atoms with Crippen molar-refractivity contribution in [2.75, 3.05) is 25.9 Å². The third-order valence-electron chi connectivity index (χ3n) is 3.59. The lowest BCUT2D eigenvalue weighted by atomic mass is 10.1. The lowest BCUT2D eigenvalue weighted by molar-refractivity contribution is 0.380. The van der Waals surface area contributed by atoms with Gasteiger partial charge in [-0.15, -0.1) is 24.0 Å². The van der Waals surface area contributed by atoms with Gasteiger partial charge in [-0.1, -0.05) is 31.5 Å². The smallest absolute Gasteiger partial charge is 0.193 e. The zero-order valence-electron chi connectivity index (χ0n) is 13.3. The van der Waals surface area contributed by atoms with E-state index >= 15 is 0 Å². The van der Waals surface area contributed by atoms with E-state index in [4.69, 9.17) is 11.6 Å². The molecule has 1 aromatic rings. The minimum Gasteiger partial charge on any atom is -0.352 e. The second-order valence-corrected chi connectivity index (χ2v) is 7.22. The van der Waals surface area contributed by atoms with Crippen molar-refractivity contribution in [2.24, 2.45) is 10.9 Å². The van der Waals surface area contributed by atoms with Gasteiger partial charge in [-0.2, -0.15) is 11.8 Å². The molecule has 1 aromatic heterocycles. The predicted octanol–water partition coefficient (Wildman–Crippen LogP) is 3.50. The van der Waals surface area contributed by atoms with Crippen LogP contribution >= 0.6 is 47.3 Å². The molecule has 0 spiro atoms. The summed E-state index contributed by atoms with van der Waals surface area (Å²) in [5, 5.41) is 4.62. The molecule has 1 fully saturated rings. The van der Waals surface area contributed by atoms with Crippen molar-refractivity contribution in [3.8, 4) is 0 Å². The summed E-state index contributed by atoms with van der Waals surface area (Å²) in [6.07, 6.45) is 1.80. The van der Waals surface area contributed by atoms with Gasteiger partial charge in [0.1, 0.15) is 5.15 Å². The molecular formula is C15H24ClIN4S. The van der Waals surface area contributed by atoms with Crippen LogP contribution in [0.5, 0.6) is 0 Å². The van der Waals surface area contributed by atoms with Crippen LogP contribution in [-0.4, -0.2) is 47.0 Å². The first kappa shape index (κ1) is 19.8. The number of thioether (sulfide) groups is 1. The molecule has 124 valence electrons. The quantitative estimate of drug-likeness (QED) is 0.328. The number of guanidine groups is 1. The molecule has 0 aromatic carbocycles. The molecule has 2 rings (SSSR count). The number of aliphatic imine (C=N–C) groups is 1. The number of halogens is 2. The highest BCUT2D eigenvalue weighted by molar-refractivity contribution is 14.0. The third-order valence-corrected chi connectivity index (χ3v) is 5.35. The highest BCUT2D eigenvalue weighted by Crippen LogP contribution is 2.24. The summed E-state index contributed by atoms with van der Waals surface area (Å²) in [6.45, 7) is 7.40. The summed E-state index contributed by atoms with van der Waals surface area (Å²) in [7, 11) is 1.84. The topological polar surface area (TPSA) is 40.5 Å².